The Morgan fingerprint density at radius 1 is 1.35 bits per heavy atom. The Morgan fingerprint density at radius 3 is 2.53 bits per heavy atom. The minimum atomic E-state index is -0.520. The SMILES string of the molecule is Cc1nc(CC(C)(N)c2ccc(F)cc2)cs1. The van der Waals surface area contributed by atoms with E-state index in [4.69, 9.17) is 5.73 Å². The zero-order valence-electron chi connectivity index (χ0n) is 9.90. The van der Waals surface area contributed by atoms with Crippen molar-refractivity contribution in [2.75, 3.05) is 0 Å². The highest BCUT2D eigenvalue weighted by molar-refractivity contribution is 7.09. The third-order valence-corrected chi connectivity index (χ3v) is 3.54. The largest absolute Gasteiger partial charge is 0.321 e. The summed E-state index contributed by atoms with van der Waals surface area (Å²) in [4.78, 5) is 4.40. The standard InChI is InChI=1S/C13H15FN2S/c1-9-16-12(8-17-9)7-13(2,15)10-3-5-11(14)6-4-10/h3-6,8H,7,15H2,1-2H3. The number of rotatable bonds is 3. The van der Waals surface area contributed by atoms with E-state index in [-0.39, 0.29) is 5.82 Å². The van der Waals surface area contributed by atoms with Crippen molar-refractivity contribution in [1.82, 2.24) is 4.98 Å². The number of halogens is 1. The molecule has 0 aliphatic rings. The van der Waals surface area contributed by atoms with Crippen LogP contribution in [0, 0.1) is 12.7 Å². The molecule has 4 heteroatoms. The summed E-state index contributed by atoms with van der Waals surface area (Å²) in [6.45, 7) is 3.91. The zero-order valence-corrected chi connectivity index (χ0v) is 10.7. The highest BCUT2D eigenvalue weighted by atomic mass is 32.1. The lowest BCUT2D eigenvalue weighted by Gasteiger charge is -2.24. The molecule has 17 heavy (non-hydrogen) atoms. The van der Waals surface area contributed by atoms with Crippen LogP contribution in [0.25, 0.3) is 0 Å². The summed E-state index contributed by atoms with van der Waals surface area (Å²) in [6, 6.07) is 6.34. The van der Waals surface area contributed by atoms with E-state index in [1.54, 1.807) is 23.5 Å². The van der Waals surface area contributed by atoms with Gasteiger partial charge in [-0.25, -0.2) is 9.37 Å². The summed E-state index contributed by atoms with van der Waals surface area (Å²) < 4.78 is 12.9. The number of hydrogen-bond donors (Lipinski definition) is 1. The average molecular weight is 250 g/mol. The predicted molar refractivity (Wildman–Crippen MR) is 68.5 cm³/mol. The molecule has 2 aromatic rings. The van der Waals surface area contributed by atoms with Crippen molar-refractivity contribution in [1.29, 1.82) is 0 Å². The van der Waals surface area contributed by atoms with Crippen molar-refractivity contribution in [3.8, 4) is 0 Å². The van der Waals surface area contributed by atoms with Gasteiger partial charge in [-0.1, -0.05) is 12.1 Å². The van der Waals surface area contributed by atoms with Gasteiger partial charge in [-0.2, -0.15) is 0 Å². The van der Waals surface area contributed by atoms with E-state index >= 15 is 0 Å². The van der Waals surface area contributed by atoms with Crippen LogP contribution in [0.4, 0.5) is 4.39 Å². The smallest absolute Gasteiger partial charge is 0.123 e. The van der Waals surface area contributed by atoms with E-state index in [1.165, 1.54) is 12.1 Å². The van der Waals surface area contributed by atoms with Gasteiger partial charge < -0.3 is 5.73 Å². The van der Waals surface area contributed by atoms with Gasteiger partial charge in [-0.05, 0) is 31.5 Å². The molecule has 1 aromatic heterocycles. The molecule has 0 saturated carbocycles. The summed E-state index contributed by atoms with van der Waals surface area (Å²) in [5.41, 5.74) is 7.66. The van der Waals surface area contributed by atoms with Crippen LogP contribution in [0.5, 0.6) is 0 Å². The molecule has 1 heterocycles. The van der Waals surface area contributed by atoms with Gasteiger partial charge in [0.15, 0.2) is 0 Å². The van der Waals surface area contributed by atoms with Crippen LogP contribution in [-0.2, 0) is 12.0 Å². The Morgan fingerprint density at radius 2 is 2.00 bits per heavy atom. The molecule has 0 amide bonds. The molecule has 2 rings (SSSR count). The summed E-state index contributed by atoms with van der Waals surface area (Å²) >= 11 is 1.62. The van der Waals surface area contributed by atoms with Crippen molar-refractivity contribution < 1.29 is 4.39 Å². The first-order chi connectivity index (χ1) is 7.97. The second kappa shape index (κ2) is 4.55. The maximum Gasteiger partial charge on any atom is 0.123 e. The van der Waals surface area contributed by atoms with Crippen molar-refractivity contribution in [3.05, 3.63) is 51.7 Å². The molecule has 0 fully saturated rings. The van der Waals surface area contributed by atoms with E-state index in [0.29, 0.717) is 6.42 Å². The van der Waals surface area contributed by atoms with Gasteiger partial charge in [0, 0.05) is 17.3 Å². The molecule has 0 saturated heterocycles. The molecule has 0 bridgehead atoms. The first kappa shape index (κ1) is 12.2. The Hall–Kier alpha value is -1.26. The van der Waals surface area contributed by atoms with Gasteiger partial charge in [0.1, 0.15) is 5.82 Å². The fourth-order valence-electron chi connectivity index (χ4n) is 1.80. The monoisotopic (exact) mass is 250 g/mol. The highest BCUT2D eigenvalue weighted by Crippen LogP contribution is 2.23. The van der Waals surface area contributed by atoms with Gasteiger partial charge >= 0.3 is 0 Å². The van der Waals surface area contributed by atoms with Crippen LogP contribution in [0.1, 0.15) is 23.2 Å². The summed E-state index contributed by atoms with van der Waals surface area (Å²) in [5.74, 6) is -0.242. The number of hydrogen-bond acceptors (Lipinski definition) is 3. The molecule has 2 nitrogen and oxygen atoms in total. The van der Waals surface area contributed by atoms with Gasteiger partial charge in [0.05, 0.1) is 10.7 Å². The van der Waals surface area contributed by atoms with Crippen LogP contribution in [-0.4, -0.2) is 4.98 Å². The van der Waals surface area contributed by atoms with Gasteiger partial charge in [0.25, 0.3) is 0 Å². The lowest BCUT2D eigenvalue weighted by atomic mass is 9.89. The molecule has 0 spiro atoms. The minimum absolute atomic E-state index is 0.242. The molecule has 90 valence electrons. The Balaban J connectivity index is 2.21. The highest BCUT2D eigenvalue weighted by Gasteiger charge is 2.22. The predicted octanol–water partition coefficient (Wildman–Crippen LogP) is 3.01. The number of nitrogens with two attached hydrogens (primary N) is 1. The van der Waals surface area contributed by atoms with Crippen molar-refractivity contribution in [3.63, 3.8) is 0 Å². The van der Waals surface area contributed by atoms with Gasteiger partial charge in [-0.3, -0.25) is 0 Å². The maximum absolute atomic E-state index is 12.9. The normalized spacial score (nSPS) is 14.6. The maximum atomic E-state index is 12.9. The molecule has 2 N–H and O–H groups in total. The average Bonchev–Trinajstić information content (AvgIpc) is 2.63. The molecule has 0 aliphatic carbocycles. The van der Waals surface area contributed by atoms with Gasteiger partial charge in [-0.15, -0.1) is 11.3 Å². The first-order valence-electron chi connectivity index (χ1n) is 5.43. The van der Waals surface area contributed by atoms with Crippen molar-refractivity contribution in [2.24, 2.45) is 5.73 Å². The molecular formula is C13H15FN2S. The van der Waals surface area contributed by atoms with E-state index < -0.39 is 5.54 Å². The third kappa shape index (κ3) is 2.90. The fraction of sp³-hybridized carbons (Fsp3) is 0.308. The third-order valence-electron chi connectivity index (χ3n) is 2.72. The number of benzene rings is 1. The molecule has 1 atom stereocenters. The second-order valence-electron chi connectivity index (χ2n) is 4.46. The van der Waals surface area contributed by atoms with E-state index in [1.807, 2.05) is 19.2 Å². The minimum Gasteiger partial charge on any atom is -0.321 e. The van der Waals surface area contributed by atoms with Crippen molar-refractivity contribution in [2.45, 2.75) is 25.8 Å². The van der Waals surface area contributed by atoms with Crippen LogP contribution in [0.3, 0.4) is 0 Å². The van der Waals surface area contributed by atoms with Crippen molar-refractivity contribution >= 4 is 11.3 Å². The fourth-order valence-corrected chi connectivity index (χ4v) is 2.41. The lowest BCUT2D eigenvalue weighted by Crippen LogP contribution is -2.35. The summed E-state index contributed by atoms with van der Waals surface area (Å²) in [6.07, 6.45) is 0.656. The number of aromatic nitrogens is 1. The van der Waals surface area contributed by atoms with Gasteiger partial charge in [0.2, 0.25) is 0 Å². The molecule has 0 aliphatic heterocycles. The Kier molecular flexibility index (Phi) is 3.26. The number of nitrogens with zero attached hydrogens (tertiary/aromatic N) is 1. The van der Waals surface area contributed by atoms with Crippen LogP contribution < -0.4 is 5.73 Å². The first-order valence-corrected chi connectivity index (χ1v) is 6.31. The Labute approximate surface area is 104 Å². The van der Waals surface area contributed by atoms with Crippen LogP contribution in [0.2, 0.25) is 0 Å². The van der Waals surface area contributed by atoms with E-state index in [9.17, 15) is 4.39 Å². The molecule has 1 unspecified atom stereocenters. The summed E-state index contributed by atoms with van der Waals surface area (Å²) in [5, 5.41) is 3.05. The Bertz CT molecular complexity index is 502. The quantitative estimate of drug-likeness (QED) is 0.909. The topological polar surface area (TPSA) is 38.9 Å². The van der Waals surface area contributed by atoms with E-state index in [2.05, 4.69) is 4.98 Å². The molecular weight excluding hydrogens is 235 g/mol. The second-order valence-corrected chi connectivity index (χ2v) is 5.52. The number of thiazole rings is 1. The zero-order chi connectivity index (χ0) is 12.5. The molecule has 1 aromatic carbocycles. The van der Waals surface area contributed by atoms with E-state index in [0.717, 1.165) is 16.3 Å². The summed E-state index contributed by atoms with van der Waals surface area (Å²) in [7, 11) is 0. The van der Waals surface area contributed by atoms with Crippen LogP contribution >= 0.6 is 11.3 Å². The number of aryl methyl sites for hydroxylation is 1. The lowest BCUT2D eigenvalue weighted by molar-refractivity contribution is 0.484. The van der Waals surface area contributed by atoms with Crippen LogP contribution in [0.15, 0.2) is 29.6 Å². The molecule has 0 radical (unpaired) electrons.